The number of rotatable bonds is 8. The molecular weight excluding hydrogens is 244 g/mol. The second-order valence-electron chi connectivity index (χ2n) is 4.15. The van der Waals surface area contributed by atoms with E-state index in [2.05, 4.69) is 0 Å². The van der Waals surface area contributed by atoms with Gasteiger partial charge in [0.1, 0.15) is 6.61 Å². The minimum atomic E-state index is -0.0872. The average Bonchev–Trinajstić information content (AvgIpc) is 2.42. The molecule has 2 N–H and O–H groups in total. The third kappa shape index (κ3) is 4.89. The highest BCUT2D eigenvalue weighted by molar-refractivity contribution is 5.97. The Kier molecular flexibility index (Phi) is 6.92. The molecule has 0 heterocycles. The molecule has 5 heteroatoms. The van der Waals surface area contributed by atoms with Gasteiger partial charge in [0.2, 0.25) is 0 Å². The maximum absolute atomic E-state index is 12.2. The quantitative estimate of drug-likeness (QED) is 0.574. The molecule has 0 fully saturated rings. The summed E-state index contributed by atoms with van der Waals surface area (Å²) >= 11 is 0. The molecule has 0 unspecified atom stereocenters. The maximum atomic E-state index is 12.2. The number of methoxy groups -OCH3 is 1. The molecule has 1 aromatic rings. The Bertz CT molecular complexity index is 396. The number of benzene rings is 1. The molecule has 0 aliphatic carbocycles. The van der Waals surface area contributed by atoms with E-state index in [0.29, 0.717) is 25.4 Å². The highest BCUT2D eigenvalue weighted by Crippen LogP contribution is 2.22. The van der Waals surface area contributed by atoms with Gasteiger partial charge in [-0.15, -0.1) is 0 Å². The van der Waals surface area contributed by atoms with Gasteiger partial charge in [-0.25, -0.2) is 0 Å². The Labute approximate surface area is 114 Å². The first-order valence-corrected chi connectivity index (χ1v) is 6.42. The molecule has 0 aliphatic rings. The number of nitrogens with zero attached hydrogens (tertiary/aromatic N) is 1. The van der Waals surface area contributed by atoms with Gasteiger partial charge < -0.3 is 20.1 Å². The van der Waals surface area contributed by atoms with Crippen molar-refractivity contribution < 1.29 is 14.3 Å². The van der Waals surface area contributed by atoms with E-state index >= 15 is 0 Å². The van der Waals surface area contributed by atoms with Crippen LogP contribution in [0.4, 0.5) is 11.4 Å². The fourth-order valence-corrected chi connectivity index (χ4v) is 1.72. The molecule has 0 aliphatic heterocycles. The first-order valence-electron chi connectivity index (χ1n) is 6.42. The van der Waals surface area contributed by atoms with Gasteiger partial charge in [0.15, 0.2) is 0 Å². The summed E-state index contributed by atoms with van der Waals surface area (Å²) in [5.74, 6) is -0.0872. The van der Waals surface area contributed by atoms with Crippen LogP contribution in [0.25, 0.3) is 0 Å². The van der Waals surface area contributed by atoms with Crippen molar-refractivity contribution in [2.75, 3.05) is 44.1 Å². The SMILES string of the molecule is CCCN(C(=O)COCCOC)c1ccccc1N. The second-order valence-corrected chi connectivity index (χ2v) is 4.15. The number of hydrogen-bond donors (Lipinski definition) is 1. The van der Waals surface area contributed by atoms with Crippen LogP contribution in [0.5, 0.6) is 0 Å². The third-order valence-electron chi connectivity index (χ3n) is 2.63. The van der Waals surface area contributed by atoms with E-state index in [0.717, 1.165) is 12.1 Å². The summed E-state index contributed by atoms with van der Waals surface area (Å²) < 4.78 is 10.1. The summed E-state index contributed by atoms with van der Waals surface area (Å²) in [4.78, 5) is 13.8. The Morgan fingerprint density at radius 1 is 1.32 bits per heavy atom. The summed E-state index contributed by atoms with van der Waals surface area (Å²) in [6.07, 6.45) is 0.859. The lowest BCUT2D eigenvalue weighted by Crippen LogP contribution is -2.35. The maximum Gasteiger partial charge on any atom is 0.253 e. The molecule has 106 valence electrons. The lowest BCUT2D eigenvalue weighted by molar-refractivity contribution is -0.123. The van der Waals surface area contributed by atoms with Gasteiger partial charge in [0.05, 0.1) is 24.6 Å². The predicted molar refractivity (Wildman–Crippen MR) is 76.2 cm³/mol. The van der Waals surface area contributed by atoms with Crippen molar-refractivity contribution in [2.45, 2.75) is 13.3 Å². The van der Waals surface area contributed by atoms with E-state index in [1.165, 1.54) is 0 Å². The summed E-state index contributed by atoms with van der Waals surface area (Å²) in [5, 5.41) is 0. The zero-order valence-electron chi connectivity index (χ0n) is 11.6. The number of para-hydroxylation sites is 2. The summed E-state index contributed by atoms with van der Waals surface area (Å²) in [6.45, 7) is 3.57. The number of carbonyl (C=O) groups excluding carboxylic acids is 1. The highest BCUT2D eigenvalue weighted by Gasteiger charge is 2.16. The van der Waals surface area contributed by atoms with Gasteiger partial charge in [-0.2, -0.15) is 0 Å². The minimum absolute atomic E-state index is 0.0394. The van der Waals surface area contributed by atoms with Crippen LogP contribution >= 0.6 is 0 Å². The Morgan fingerprint density at radius 2 is 2.05 bits per heavy atom. The monoisotopic (exact) mass is 266 g/mol. The number of carbonyl (C=O) groups is 1. The molecule has 1 aromatic carbocycles. The van der Waals surface area contributed by atoms with Crippen LogP contribution < -0.4 is 10.6 Å². The predicted octanol–water partition coefficient (Wildman–Crippen LogP) is 1.67. The van der Waals surface area contributed by atoms with Crippen LogP contribution in [0.2, 0.25) is 0 Å². The summed E-state index contributed by atoms with van der Waals surface area (Å²) in [5.41, 5.74) is 7.25. The van der Waals surface area contributed by atoms with Gasteiger partial charge in [0, 0.05) is 13.7 Å². The van der Waals surface area contributed by atoms with E-state index in [1.54, 1.807) is 18.1 Å². The average molecular weight is 266 g/mol. The Hall–Kier alpha value is -1.59. The zero-order valence-corrected chi connectivity index (χ0v) is 11.6. The number of nitrogens with two attached hydrogens (primary N) is 1. The lowest BCUT2D eigenvalue weighted by Gasteiger charge is -2.23. The Balaban J connectivity index is 2.66. The fourth-order valence-electron chi connectivity index (χ4n) is 1.72. The molecule has 5 nitrogen and oxygen atoms in total. The van der Waals surface area contributed by atoms with Gasteiger partial charge in [0.25, 0.3) is 5.91 Å². The van der Waals surface area contributed by atoms with Crippen molar-refractivity contribution in [2.24, 2.45) is 0 Å². The fraction of sp³-hybridized carbons (Fsp3) is 0.500. The van der Waals surface area contributed by atoms with Crippen molar-refractivity contribution in [1.29, 1.82) is 0 Å². The molecule has 0 radical (unpaired) electrons. The topological polar surface area (TPSA) is 64.8 Å². The first kappa shape index (κ1) is 15.5. The van der Waals surface area contributed by atoms with E-state index in [1.807, 2.05) is 25.1 Å². The van der Waals surface area contributed by atoms with Gasteiger partial charge >= 0.3 is 0 Å². The summed E-state index contributed by atoms with van der Waals surface area (Å²) in [7, 11) is 1.60. The lowest BCUT2D eigenvalue weighted by atomic mass is 10.2. The largest absolute Gasteiger partial charge is 0.397 e. The number of ether oxygens (including phenoxy) is 2. The van der Waals surface area contributed by atoms with Crippen molar-refractivity contribution in [3.8, 4) is 0 Å². The van der Waals surface area contributed by atoms with Crippen molar-refractivity contribution in [1.82, 2.24) is 0 Å². The van der Waals surface area contributed by atoms with E-state index in [9.17, 15) is 4.79 Å². The zero-order chi connectivity index (χ0) is 14.1. The third-order valence-corrected chi connectivity index (χ3v) is 2.63. The van der Waals surface area contributed by atoms with Crippen LogP contribution in [0.15, 0.2) is 24.3 Å². The molecule has 0 atom stereocenters. The summed E-state index contributed by atoms with van der Waals surface area (Å²) in [6, 6.07) is 7.35. The standard InChI is InChI=1S/C14H22N2O3/c1-3-8-16(13-7-5-4-6-12(13)15)14(17)11-19-10-9-18-2/h4-7H,3,8-11,15H2,1-2H3. The molecule has 0 bridgehead atoms. The number of anilines is 2. The van der Waals surface area contributed by atoms with Gasteiger partial charge in [-0.3, -0.25) is 4.79 Å². The molecule has 0 aromatic heterocycles. The minimum Gasteiger partial charge on any atom is -0.397 e. The van der Waals surface area contributed by atoms with Crippen LogP contribution in [-0.4, -0.2) is 39.4 Å². The van der Waals surface area contributed by atoms with Crippen molar-refractivity contribution in [3.63, 3.8) is 0 Å². The normalized spacial score (nSPS) is 10.4. The van der Waals surface area contributed by atoms with Crippen molar-refractivity contribution in [3.05, 3.63) is 24.3 Å². The number of hydrogen-bond acceptors (Lipinski definition) is 4. The van der Waals surface area contributed by atoms with Crippen LogP contribution in [0.1, 0.15) is 13.3 Å². The van der Waals surface area contributed by atoms with Gasteiger partial charge in [-0.05, 0) is 18.6 Å². The van der Waals surface area contributed by atoms with Crippen molar-refractivity contribution >= 4 is 17.3 Å². The smallest absolute Gasteiger partial charge is 0.253 e. The molecule has 0 spiro atoms. The van der Waals surface area contributed by atoms with E-state index in [4.69, 9.17) is 15.2 Å². The van der Waals surface area contributed by atoms with E-state index in [-0.39, 0.29) is 12.5 Å². The molecule has 1 rings (SSSR count). The molecule has 0 saturated carbocycles. The highest BCUT2D eigenvalue weighted by atomic mass is 16.5. The Morgan fingerprint density at radius 3 is 2.68 bits per heavy atom. The molecule has 0 saturated heterocycles. The number of amides is 1. The van der Waals surface area contributed by atoms with Crippen LogP contribution in [0, 0.1) is 0 Å². The number of nitrogen functional groups attached to an aromatic ring is 1. The molecule has 19 heavy (non-hydrogen) atoms. The van der Waals surface area contributed by atoms with Crippen LogP contribution in [0.3, 0.4) is 0 Å². The molecular formula is C14H22N2O3. The van der Waals surface area contributed by atoms with Gasteiger partial charge in [-0.1, -0.05) is 19.1 Å². The van der Waals surface area contributed by atoms with E-state index < -0.39 is 0 Å². The molecule has 1 amide bonds. The van der Waals surface area contributed by atoms with Crippen LogP contribution in [-0.2, 0) is 14.3 Å². The first-order chi connectivity index (χ1) is 9.20. The second kappa shape index (κ2) is 8.50.